The van der Waals surface area contributed by atoms with Gasteiger partial charge in [0.1, 0.15) is 5.82 Å². The summed E-state index contributed by atoms with van der Waals surface area (Å²) in [6, 6.07) is 6.34. The van der Waals surface area contributed by atoms with Crippen molar-refractivity contribution in [3.63, 3.8) is 0 Å². The molecule has 8 heteroatoms. The number of sulfonamides is 1. The van der Waals surface area contributed by atoms with Crippen LogP contribution in [0.1, 0.15) is 21.5 Å². The molecule has 5 nitrogen and oxygen atoms in total. The molecule has 0 saturated carbocycles. The summed E-state index contributed by atoms with van der Waals surface area (Å²) >= 11 is 3.08. The van der Waals surface area contributed by atoms with E-state index >= 15 is 0 Å². The van der Waals surface area contributed by atoms with E-state index in [4.69, 9.17) is 5.11 Å². The fraction of sp³-hybridized carbons (Fsp3) is 0.133. The third kappa shape index (κ3) is 3.70. The normalized spacial score (nSPS) is 11.3. The van der Waals surface area contributed by atoms with Crippen molar-refractivity contribution in [1.82, 2.24) is 0 Å². The number of rotatable bonds is 4. The summed E-state index contributed by atoms with van der Waals surface area (Å²) < 4.78 is 41.5. The van der Waals surface area contributed by atoms with Crippen LogP contribution in [-0.2, 0) is 10.0 Å². The number of carboxylic acid groups (broad SMARTS) is 1. The molecule has 2 rings (SSSR count). The first kappa shape index (κ1) is 17.4. The quantitative estimate of drug-likeness (QED) is 0.817. The molecule has 2 N–H and O–H groups in total. The van der Waals surface area contributed by atoms with Crippen LogP contribution >= 0.6 is 15.9 Å². The largest absolute Gasteiger partial charge is 0.478 e. The second-order valence-electron chi connectivity index (χ2n) is 4.95. The van der Waals surface area contributed by atoms with E-state index in [0.717, 1.165) is 12.1 Å². The maximum Gasteiger partial charge on any atom is 0.335 e. The van der Waals surface area contributed by atoms with Crippen molar-refractivity contribution in [2.45, 2.75) is 18.7 Å². The number of aryl methyl sites for hydroxylation is 1. The average Bonchev–Trinajstić information content (AvgIpc) is 2.44. The SMILES string of the molecule is Cc1cc(C(=O)O)cc(S(=O)(=O)Nc2ccc(Br)cc2F)c1C. The van der Waals surface area contributed by atoms with Crippen molar-refractivity contribution in [2.24, 2.45) is 0 Å². The standard InChI is InChI=1S/C15H13BrFNO4S/c1-8-5-10(15(19)20)6-14(9(8)2)23(21,22)18-13-4-3-11(16)7-12(13)17/h3-7,18H,1-2H3,(H,19,20). The number of carboxylic acids is 1. The molecule has 0 spiro atoms. The lowest BCUT2D eigenvalue weighted by Gasteiger charge is -2.13. The van der Waals surface area contributed by atoms with Crippen LogP contribution in [0, 0.1) is 19.7 Å². The first-order chi connectivity index (χ1) is 10.6. The molecule has 0 saturated heterocycles. The van der Waals surface area contributed by atoms with Crippen LogP contribution in [-0.4, -0.2) is 19.5 Å². The van der Waals surface area contributed by atoms with Gasteiger partial charge in [0.05, 0.1) is 16.1 Å². The number of carbonyl (C=O) groups is 1. The van der Waals surface area contributed by atoms with E-state index in [-0.39, 0.29) is 16.1 Å². The number of halogens is 2. The molecule has 0 bridgehead atoms. The van der Waals surface area contributed by atoms with Crippen molar-refractivity contribution < 1.29 is 22.7 Å². The number of hydrogen-bond donors (Lipinski definition) is 2. The highest BCUT2D eigenvalue weighted by molar-refractivity contribution is 9.10. The molecule has 0 amide bonds. The molecular weight excluding hydrogens is 389 g/mol. The summed E-state index contributed by atoms with van der Waals surface area (Å²) in [6.45, 7) is 3.18. The Balaban J connectivity index is 2.53. The molecule has 0 heterocycles. The Morgan fingerprint density at radius 3 is 2.43 bits per heavy atom. The zero-order valence-electron chi connectivity index (χ0n) is 12.2. The van der Waals surface area contributed by atoms with Gasteiger partial charge in [-0.15, -0.1) is 0 Å². The maximum absolute atomic E-state index is 13.8. The van der Waals surface area contributed by atoms with Crippen molar-refractivity contribution in [1.29, 1.82) is 0 Å². The van der Waals surface area contributed by atoms with Gasteiger partial charge in [-0.2, -0.15) is 0 Å². The zero-order valence-corrected chi connectivity index (χ0v) is 14.6. The van der Waals surface area contributed by atoms with E-state index in [0.29, 0.717) is 15.6 Å². The van der Waals surface area contributed by atoms with E-state index in [1.165, 1.54) is 18.2 Å². The van der Waals surface area contributed by atoms with Crippen LogP contribution in [0.25, 0.3) is 0 Å². The monoisotopic (exact) mass is 401 g/mol. The van der Waals surface area contributed by atoms with Gasteiger partial charge >= 0.3 is 5.97 Å². The fourth-order valence-electron chi connectivity index (χ4n) is 2.00. The minimum Gasteiger partial charge on any atom is -0.478 e. The lowest BCUT2D eigenvalue weighted by Crippen LogP contribution is -2.16. The predicted octanol–water partition coefficient (Wildman–Crippen LogP) is 3.70. The summed E-state index contributed by atoms with van der Waals surface area (Å²) in [5.74, 6) is -1.98. The van der Waals surface area contributed by atoms with Gasteiger partial charge in [-0.05, 0) is 55.3 Å². The smallest absolute Gasteiger partial charge is 0.335 e. The summed E-state index contributed by atoms with van der Waals surface area (Å²) in [5, 5.41) is 9.07. The van der Waals surface area contributed by atoms with Crippen LogP contribution in [0.15, 0.2) is 39.7 Å². The van der Waals surface area contributed by atoms with Crippen molar-refractivity contribution in [3.8, 4) is 0 Å². The van der Waals surface area contributed by atoms with Crippen LogP contribution in [0.5, 0.6) is 0 Å². The Morgan fingerprint density at radius 2 is 1.87 bits per heavy atom. The Hall–Kier alpha value is -1.93. The molecule has 0 aliphatic rings. The number of nitrogens with one attached hydrogen (secondary N) is 1. The number of anilines is 1. The van der Waals surface area contributed by atoms with E-state index in [1.54, 1.807) is 13.8 Å². The molecule has 0 aliphatic carbocycles. The van der Waals surface area contributed by atoms with Crippen molar-refractivity contribution in [3.05, 3.63) is 57.3 Å². The first-order valence-electron chi connectivity index (χ1n) is 6.44. The molecule has 0 radical (unpaired) electrons. The van der Waals surface area contributed by atoms with Gasteiger partial charge in [0.15, 0.2) is 0 Å². The minimum atomic E-state index is -4.13. The third-order valence-electron chi connectivity index (χ3n) is 3.33. The third-order valence-corrected chi connectivity index (χ3v) is 5.32. The lowest BCUT2D eigenvalue weighted by molar-refractivity contribution is 0.0696. The van der Waals surface area contributed by atoms with E-state index in [9.17, 15) is 17.6 Å². The molecule has 2 aromatic carbocycles. The lowest BCUT2D eigenvalue weighted by atomic mass is 10.1. The number of benzene rings is 2. The molecule has 2 aromatic rings. The van der Waals surface area contributed by atoms with Gasteiger partial charge < -0.3 is 5.11 Å². The zero-order chi connectivity index (χ0) is 17.4. The first-order valence-corrected chi connectivity index (χ1v) is 8.72. The van der Waals surface area contributed by atoms with Crippen LogP contribution in [0.2, 0.25) is 0 Å². The highest BCUT2D eigenvalue weighted by Crippen LogP contribution is 2.26. The Bertz CT molecular complexity index is 897. The highest BCUT2D eigenvalue weighted by Gasteiger charge is 2.22. The second-order valence-corrected chi connectivity index (χ2v) is 7.52. The summed E-state index contributed by atoms with van der Waals surface area (Å²) in [4.78, 5) is 10.9. The predicted molar refractivity (Wildman–Crippen MR) is 87.8 cm³/mol. The second kappa shape index (κ2) is 6.29. The molecule has 0 unspecified atom stereocenters. The molecule has 0 atom stereocenters. The molecular formula is C15H13BrFNO4S. The summed E-state index contributed by atoms with van der Waals surface area (Å²) in [7, 11) is -4.13. The van der Waals surface area contributed by atoms with Crippen molar-refractivity contribution in [2.75, 3.05) is 4.72 Å². The van der Waals surface area contributed by atoms with Crippen LogP contribution < -0.4 is 4.72 Å². The average molecular weight is 402 g/mol. The van der Waals surface area contributed by atoms with E-state index < -0.39 is 21.8 Å². The number of hydrogen-bond acceptors (Lipinski definition) is 3. The topological polar surface area (TPSA) is 83.5 Å². The maximum atomic E-state index is 13.8. The molecule has 122 valence electrons. The molecule has 0 aliphatic heterocycles. The summed E-state index contributed by atoms with van der Waals surface area (Å²) in [6.07, 6.45) is 0. The van der Waals surface area contributed by atoms with Gasteiger partial charge in [-0.3, -0.25) is 4.72 Å². The summed E-state index contributed by atoms with van der Waals surface area (Å²) in [5.41, 5.74) is 0.553. The van der Waals surface area contributed by atoms with Gasteiger partial charge in [0.2, 0.25) is 0 Å². The highest BCUT2D eigenvalue weighted by atomic mass is 79.9. The molecule has 0 aromatic heterocycles. The fourth-order valence-corrected chi connectivity index (χ4v) is 3.75. The molecule has 0 fully saturated rings. The minimum absolute atomic E-state index is 0.148. The van der Waals surface area contributed by atoms with Crippen LogP contribution in [0.4, 0.5) is 10.1 Å². The van der Waals surface area contributed by atoms with Gasteiger partial charge in [-0.1, -0.05) is 15.9 Å². The van der Waals surface area contributed by atoms with E-state index in [1.807, 2.05) is 0 Å². The Morgan fingerprint density at radius 1 is 1.22 bits per heavy atom. The van der Waals surface area contributed by atoms with Crippen LogP contribution in [0.3, 0.4) is 0 Å². The van der Waals surface area contributed by atoms with Crippen molar-refractivity contribution >= 4 is 37.6 Å². The van der Waals surface area contributed by atoms with E-state index in [2.05, 4.69) is 20.7 Å². The Labute approximate surface area is 141 Å². The Kier molecular flexibility index (Phi) is 4.76. The van der Waals surface area contributed by atoms with Gasteiger partial charge in [0.25, 0.3) is 10.0 Å². The van der Waals surface area contributed by atoms with Gasteiger partial charge in [0, 0.05) is 4.47 Å². The number of aromatic carboxylic acids is 1. The molecule has 23 heavy (non-hydrogen) atoms. The van der Waals surface area contributed by atoms with Gasteiger partial charge in [-0.25, -0.2) is 17.6 Å².